The van der Waals surface area contributed by atoms with Gasteiger partial charge in [0.15, 0.2) is 0 Å². The number of amides is 1. The van der Waals surface area contributed by atoms with Crippen LogP contribution in [0.4, 0.5) is 0 Å². The summed E-state index contributed by atoms with van der Waals surface area (Å²) in [5, 5.41) is 0. The van der Waals surface area contributed by atoms with Crippen LogP contribution in [0.2, 0.25) is 0 Å². The van der Waals surface area contributed by atoms with Crippen LogP contribution < -0.4 is 0 Å². The summed E-state index contributed by atoms with van der Waals surface area (Å²) < 4.78 is 0. The zero-order valence-electron chi connectivity index (χ0n) is 17.7. The van der Waals surface area contributed by atoms with Crippen molar-refractivity contribution in [3.05, 3.63) is 59.9 Å². The van der Waals surface area contributed by atoms with E-state index in [9.17, 15) is 4.79 Å². The van der Waals surface area contributed by atoms with Gasteiger partial charge in [0.25, 0.3) is 0 Å². The van der Waals surface area contributed by atoms with Crippen molar-refractivity contribution in [3.63, 3.8) is 0 Å². The smallest absolute Gasteiger partial charge is 0.230 e. The quantitative estimate of drug-likeness (QED) is 0.553. The van der Waals surface area contributed by atoms with E-state index in [1.54, 1.807) is 0 Å². The highest BCUT2D eigenvalue weighted by Crippen LogP contribution is 2.38. The summed E-state index contributed by atoms with van der Waals surface area (Å²) in [5.41, 5.74) is 4.07. The number of rotatable bonds is 7. The Balaban J connectivity index is 1.57. The van der Waals surface area contributed by atoms with E-state index in [0.717, 1.165) is 64.6 Å². The fourth-order valence-corrected chi connectivity index (χ4v) is 4.64. The van der Waals surface area contributed by atoms with Crippen LogP contribution in [-0.4, -0.2) is 41.4 Å². The third-order valence-electron chi connectivity index (χ3n) is 6.40. The Labute approximate surface area is 171 Å². The Morgan fingerprint density at radius 2 is 1.96 bits per heavy atom. The van der Waals surface area contributed by atoms with Crippen molar-refractivity contribution in [2.24, 2.45) is 5.92 Å². The average Bonchev–Trinajstić information content (AvgIpc) is 2.72. The highest BCUT2D eigenvalue weighted by Gasteiger charge is 2.39. The third-order valence-corrected chi connectivity index (χ3v) is 6.40. The second-order valence-corrected chi connectivity index (χ2v) is 8.37. The second-order valence-electron chi connectivity index (χ2n) is 8.37. The maximum atomic E-state index is 13.2. The molecule has 2 saturated heterocycles. The zero-order valence-corrected chi connectivity index (χ0v) is 17.7. The van der Waals surface area contributed by atoms with Gasteiger partial charge in [-0.1, -0.05) is 55.5 Å². The molecule has 2 heterocycles. The Kier molecular flexibility index (Phi) is 7.50. The van der Waals surface area contributed by atoms with Crippen LogP contribution in [0, 0.1) is 5.92 Å². The molecule has 1 unspecified atom stereocenters. The molecule has 0 saturated carbocycles. The summed E-state index contributed by atoms with van der Waals surface area (Å²) in [7, 11) is 0. The van der Waals surface area contributed by atoms with Gasteiger partial charge < -0.3 is 9.80 Å². The summed E-state index contributed by atoms with van der Waals surface area (Å²) in [4.78, 5) is 17.9. The van der Waals surface area contributed by atoms with Crippen LogP contribution >= 0.6 is 0 Å². The summed E-state index contributed by atoms with van der Waals surface area (Å²) in [6.45, 7) is 11.3. The van der Waals surface area contributed by atoms with Crippen molar-refractivity contribution in [1.29, 1.82) is 0 Å². The molecule has 0 spiro atoms. The molecule has 2 fully saturated rings. The highest BCUT2D eigenvalue weighted by molar-refractivity contribution is 5.84. The molecule has 0 N–H and O–H groups in total. The molecule has 0 bridgehead atoms. The number of carbonyl (C=O) groups is 1. The molecule has 3 heteroatoms. The molecule has 0 radical (unpaired) electrons. The molecule has 1 amide bonds. The predicted octanol–water partition coefficient (Wildman–Crippen LogP) is 5.39. The monoisotopic (exact) mass is 380 g/mol. The normalized spacial score (nSPS) is 24.9. The number of hydrogen-bond donors (Lipinski definition) is 0. The number of nitrogens with zero attached hydrogens (tertiary/aromatic N) is 2. The van der Waals surface area contributed by atoms with Gasteiger partial charge in [-0.3, -0.25) is 4.79 Å². The number of allylic oxidation sites excluding steroid dienone is 7. The lowest BCUT2D eigenvalue weighted by Crippen LogP contribution is -2.51. The van der Waals surface area contributed by atoms with E-state index in [4.69, 9.17) is 0 Å². The molecule has 1 aliphatic carbocycles. The first-order chi connectivity index (χ1) is 13.6. The number of fused-ring (bicyclic) bond motifs is 1. The lowest BCUT2D eigenvalue weighted by Gasteiger charge is -2.45. The minimum Gasteiger partial charge on any atom is -0.309 e. The minimum absolute atomic E-state index is 0.177. The second kappa shape index (κ2) is 10.1. The van der Waals surface area contributed by atoms with E-state index >= 15 is 0 Å². The molecule has 152 valence electrons. The topological polar surface area (TPSA) is 23.6 Å². The number of carbonyl (C=O) groups excluding carboxylic acids is 1. The molecule has 3 aliphatic rings. The molecule has 0 aromatic rings. The summed E-state index contributed by atoms with van der Waals surface area (Å²) >= 11 is 0. The van der Waals surface area contributed by atoms with E-state index in [0.29, 0.717) is 11.9 Å². The Morgan fingerprint density at radius 3 is 2.68 bits per heavy atom. The molecule has 2 aliphatic heterocycles. The van der Waals surface area contributed by atoms with E-state index in [2.05, 4.69) is 54.5 Å². The SMILES string of the molecule is C=C/C=C\C=C(/C)CCN1CCC(N2C(=O)C(CC)CC3=CCCC=C32)CC1. The van der Waals surface area contributed by atoms with Crippen LogP contribution in [0.3, 0.4) is 0 Å². The van der Waals surface area contributed by atoms with Gasteiger partial charge in [0, 0.05) is 37.3 Å². The van der Waals surface area contributed by atoms with Gasteiger partial charge in [0.2, 0.25) is 5.91 Å². The predicted molar refractivity (Wildman–Crippen MR) is 118 cm³/mol. The minimum atomic E-state index is 0.177. The first-order valence-electron chi connectivity index (χ1n) is 11.0. The van der Waals surface area contributed by atoms with Crippen LogP contribution in [0.25, 0.3) is 0 Å². The van der Waals surface area contributed by atoms with Gasteiger partial charge in [-0.15, -0.1) is 0 Å². The average molecular weight is 381 g/mol. The van der Waals surface area contributed by atoms with Crippen molar-refractivity contribution < 1.29 is 4.79 Å². The summed E-state index contributed by atoms with van der Waals surface area (Å²) in [6.07, 6.45) is 20.1. The summed E-state index contributed by atoms with van der Waals surface area (Å²) in [5.74, 6) is 0.551. The van der Waals surface area contributed by atoms with Crippen molar-refractivity contribution in [2.75, 3.05) is 19.6 Å². The highest BCUT2D eigenvalue weighted by atomic mass is 16.2. The standard InChI is InChI=1S/C25H36N2O/c1-4-6-7-10-20(3)13-16-26-17-14-23(15-18-26)27-24-12-9-8-11-22(24)19-21(5-2)25(27)28/h4,6-7,10-12,21,23H,1,5,8-9,13-19H2,2-3H3/b7-6-,20-10+. The molecular formula is C25H36N2O. The maximum absolute atomic E-state index is 13.2. The van der Waals surface area contributed by atoms with Gasteiger partial charge in [-0.05, 0) is 57.4 Å². The van der Waals surface area contributed by atoms with Crippen LogP contribution in [0.5, 0.6) is 0 Å². The molecule has 0 aromatic heterocycles. The van der Waals surface area contributed by atoms with Gasteiger partial charge >= 0.3 is 0 Å². The first kappa shape index (κ1) is 20.9. The fourth-order valence-electron chi connectivity index (χ4n) is 4.64. The Morgan fingerprint density at radius 1 is 1.21 bits per heavy atom. The lowest BCUT2D eigenvalue weighted by molar-refractivity contribution is -0.137. The van der Waals surface area contributed by atoms with Crippen molar-refractivity contribution in [3.8, 4) is 0 Å². The molecule has 3 rings (SSSR count). The third kappa shape index (κ3) is 4.94. The van der Waals surface area contributed by atoms with Crippen LogP contribution in [0.15, 0.2) is 59.9 Å². The number of piperidine rings is 2. The molecule has 0 aromatic carbocycles. The van der Waals surface area contributed by atoms with Crippen molar-refractivity contribution in [1.82, 2.24) is 9.80 Å². The van der Waals surface area contributed by atoms with E-state index in [1.807, 2.05) is 12.2 Å². The van der Waals surface area contributed by atoms with Crippen molar-refractivity contribution in [2.45, 2.75) is 64.8 Å². The largest absolute Gasteiger partial charge is 0.309 e. The molecule has 3 nitrogen and oxygen atoms in total. The van der Waals surface area contributed by atoms with E-state index in [-0.39, 0.29) is 5.92 Å². The van der Waals surface area contributed by atoms with Gasteiger partial charge in [0.1, 0.15) is 0 Å². The number of hydrogen-bond acceptors (Lipinski definition) is 2. The van der Waals surface area contributed by atoms with Crippen molar-refractivity contribution >= 4 is 5.91 Å². The zero-order chi connectivity index (χ0) is 19.9. The summed E-state index contributed by atoms with van der Waals surface area (Å²) in [6, 6.07) is 0.373. The molecular weight excluding hydrogens is 344 g/mol. The van der Waals surface area contributed by atoms with Gasteiger partial charge in [-0.2, -0.15) is 0 Å². The van der Waals surface area contributed by atoms with E-state index < -0.39 is 0 Å². The number of likely N-dealkylation sites (tertiary alicyclic amines) is 2. The fraction of sp³-hybridized carbons (Fsp3) is 0.560. The molecule has 1 atom stereocenters. The maximum Gasteiger partial charge on any atom is 0.230 e. The first-order valence-corrected chi connectivity index (χ1v) is 11.0. The van der Waals surface area contributed by atoms with Crippen LogP contribution in [-0.2, 0) is 4.79 Å². The lowest BCUT2D eigenvalue weighted by atomic mass is 9.83. The van der Waals surface area contributed by atoms with Crippen LogP contribution in [0.1, 0.15) is 58.8 Å². The Hall–Kier alpha value is -1.87. The molecule has 28 heavy (non-hydrogen) atoms. The van der Waals surface area contributed by atoms with E-state index in [1.165, 1.54) is 16.8 Å². The van der Waals surface area contributed by atoms with Gasteiger partial charge in [-0.25, -0.2) is 0 Å². The van der Waals surface area contributed by atoms with Gasteiger partial charge in [0.05, 0.1) is 0 Å². The Bertz CT molecular complexity index is 689.